The van der Waals surface area contributed by atoms with Crippen molar-refractivity contribution in [3.05, 3.63) is 12.2 Å². The summed E-state index contributed by atoms with van der Waals surface area (Å²) in [6.45, 7) is 4.21. The lowest BCUT2D eigenvalue weighted by atomic mass is 10.0. The number of carbonyl (C=O) groups excluding carboxylic acids is 1. The molecule has 11 heavy (non-hydrogen) atoms. The van der Waals surface area contributed by atoms with E-state index >= 15 is 0 Å². The maximum atomic E-state index is 9.96. The van der Waals surface area contributed by atoms with Crippen LogP contribution in [-0.2, 0) is 4.79 Å². The Hall–Kier alpha value is -0.590. The molecule has 0 spiro atoms. The molecule has 0 rings (SSSR count). The van der Waals surface area contributed by atoms with Gasteiger partial charge in [0.1, 0.15) is 0 Å². The number of hydrogen-bond donors (Lipinski definition) is 0. The lowest BCUT2D eigenvalue weighted by molar-refractivity contribution is 0.507. The average Bonchev–Trinajstić information content (AvgIpc) is 1.99. The molecule has 1 unspecified atom stereocenters. The van der Waals surface area contributed by atoms with Gasteiger partial charge in [-0.25, -0.2) is 0 Å². The summed E-state index contributed by atoms with van der Waals surface area (Å²) in [6.07, 6.45) is 10.2. The van der Waals surface area contributed by atoms with E-state index in [-0.39, 0.29) is 0 Å². The first-order chi connectivity index (χ1) is 5.31. The lowest BCUT2D eigenvalue weighted by Crippen LogP contribution is -1.93. The summed E-state index contributed by atoms with van der Waals surface area (Å²) in [5.74, 6) is 0.494. The van der Waals surface area contributed by atoms with Crippen LogP contribution in [0.4, 0.5) is 0 Å². The molecule has 0 aromatic rings. The topological polar surface area (TPSA) is 17.1 Å². The fourth-order valence-electron chi connectivity index (χ4n) is 0.910. The van der Waals surface area contributed by atoms with Crippen molar-refractivity contribution in [2.45, 2.75) is 39.5 Å². The first-order valence-corrected chi connectivity index (χ1v) is 4.31. The van der Waals surface area contributed by atoms with Crippen molar-refractivity contribution in [1.82, 2.24) is 0 Å². The maximum Gasteiger partial charge on any atom is 0.198 e. The van der Waals surface area contributed by atoms with Crippen molar-refractivity contribution in [3.63, 3.8) is 0 Å². The Morgan fingerprint density at radius 1 is 1.45 bits per heavy atom. The van der Waals surface area contributed by atoms with E-state index in [1.54, 1.807) is 0 Å². The molecule has 0 saturated heterocycles. The molecule has 0 bridgehead atoms. The van der Waals surface area contributed by atoms with Crippen molar-refractivity contribution in [2.75, 3.05) is 0 Å². The fourth-order valence-corrected chi connectivity index (χ4v) is 0.910. The zero-order valence-electron chi connectivity index (χ0n) is 7.47. The summed E-state index contributed by atoms with van der Waals surface area (Å²) >= 11 is 0. The zero-order chi connectivity index (χ0) is 8.53. The van der Waals surface area contributed by atoms with Crippen LogP contribution in [0.3, 0.4) is 0 Å². The molecule has 1 radical (unpaired) electrons. The van der Waals surface area contributed by atoms with Gasteiger partial charge in [0.15, 0.2) is 6.29 Å². The summed E-state index contributed by atoms with van der Waals surface area (Å²) in [5.41, 5.74) is 0. The minimum Gasteiger partial charge on any atom is -0.291 e. The molecule has 0 aliphatic heterocycles. The van der Waals surface area contributed by atoms with Crippen LogP contribution in [0.1, 0.15) is 39.5 Å². The largest absolute Gasteiger partial charge is 0.291 e. The molecule has 1 heteroatoms. The molecule has 1 nitrogen and oxygen atoms in total. The van der Waals surface area contributed by atoms with Crippen LogP contribution < -0.4 is 0 Å². The normalized spacial score (nSPS) is 13.6. The van der Waals surface area contributed by atoms with Gasteiger partial charge in [-0.1, -0.05) is 26.0 Å². The molecule has 0 heterocycles. The third-order valence-electron chi connectivity index (χ3n) is 1.66. The van der Waals surface area contributed by atoms with E-state index in [4.69, 9.17) is 0 Å². The third kappa shape index (κ3) is 7.31. The van der Waals surface area contributed by atoms with Crippen LogP contribution in [0.5, 0.6) is 0 Å². The highest BCUT2D eigenvalue weighted by molar-refractivity contribution is 5.50. The van der Waals surface area contributed by atoms with Gasteiger partial charge in [-0.15, -0.1) is 0 Å². The van der Waals surface area contributed by atoms with Gasteiger partial charge in [-0.3, -0.25) is 4.79 Å². The second-order valence-electron chi connectivity index (χ2n) is 2.91. The summed E-state index contributed by atoms with van der Waals surface area (Å²) in [4.78, 5) is 9.96. The number of allylic oxidation sites excluding steroid dienone is 2. The van der Waals surface area contributed by atoms with Crippen LogP contribution in [0.2, 0.25) is 0 Å². The molecule has 0 aromatic heterocycles. The maximum absolute atomic E-state index is 9.96. The second-order valence-corrected chi connectivity index (χ2v) is 2.91. The molecule has 0 amide bonds. The van der Waals surface area contributed by atoms with Gasteiger partial charge in [0.2, 0.25) is 0 Å². The van der Waals surface area contributed by atoms with Crippen molar-refractivity contribution in [2.24, 2.45) is 5.92 Å². The van der Waals surface area contributed by atoms with Gasteiger partial charge >= 0.3 is 0 Å². The van der Waals surface area contributed by atoms with Crippen molar-refractivity contribution >= 4 is 6.29 Å². The van der Waals surface area contributed by atoms with Crippen molar-refractivity contribution in [3.8, 4) is 0 Å². The quantitative estimate of drug-likeness (QED) is 0.536. The van der Waals surface area contributed by atoms with E-state index in [0.29, 0.717) is 12.3 Å². The smallest absolute Gasteiger partial charge is 0.198 e. The summed E-state index contributed by atoms with van der Waals surface area (Å²) < 4.78 is 0. The Morgan fingerprint density at radius 2 is 2.18 bits per heavy atom. The highest BCUT2D eigenvalue weighted by atomic mass is 16.1. The molecule has 0 fully saturated rings. The van der Waals surface area contributed by atoms with Crippen LogP contribution in [0, 0.1) is 5.92 Å². The lowest BCUT2D eigenvalue weighted by Gasteiger charge is -2.02. The second kappa shape index (κ2) is 7.52. The van der Waals surface area contributed by atoms with E-state index in [9.17, 15) is 4.79 Å². The van der Waals surface area contributed by atoms with Crippen molar-refractivity contribution in [1.29, 1.82) is 0 Å². The molecular formula is C10H17O. The van der Waals surface area contributed by atoms with E-state index in [0.717, 1.165) is 19.3 Å². The Balaban J connectivity index is 3.22. The zero-order valence-corrected chi connectivity index (χ0v) is 7.47. The Labute approximate surface area is 69.5 Å². The average molecular weight is 153 g/mol. The SMILES string of the molecule is CCC=CCCC(C)C[C]=O. The molecular weight excluding hydrogens is 136 g/mol. The molecule has 0 aromatic carbocycles. The molecule has 1 atom stereocenters. The van der Waals surface area contributed by atoms with Gasteiger partial charge in [-0.05, 0) is 25.2 Å². The van der Waals surface area contributed by atoms with E-state index in [2.05, 4.69) is 26.0 Å². The summed E-state index contributed by atoms with van der Waals surface area (Å²) in [6, 6.07) is 0. The minimum absolute atomic E-state index is 0.494. The highest BCUT2D eigenvalue weighted by Gasteiger charge is 1.98. The molecule has 0 saturated carbocycles. The number of rotatable bonds is 6. The Bertz CT molecular complexity index is 116. The van der Waals surface area contributed by atoms with E-state index in [1.165, 1.54) is 0 Å². The molecule has 63 valence electrons. The minimum atomic E-state index is 0.494. The van der Waals surface area contributed by atoms with Gasteiger partial charge in [-0.2, -0.15) is 0 Å². The van der Waals surface area contributed by atoms with Crippen LogP contribution in [0.15, 0.2) is 12.2 Å². The summed E-state index contributed by atoms with van der Waals surface area (Å²) in [5, 5.41) is 0. The van der Waals surface area contributed by atoms with Gasteiger partial charge in [0.25, 0.3) is 0 Å². The monoisotopic (exact) mass is 153 g/mol. The van der Waals surface area contributed by atoms with E-state index < -0.39 is 0 Å². The van der Waals surface area contributed by atoms with Gasteiger partial charge < -0.3 is 0 Å². The predicted octanol–water partition coefficient (Wildman–Crippen LogP) is 2.87. The molecule has 0 aliphatic carbocycles. The van der Waals surface area contributed by atoms with Crippen LogP contribution in [-0.4, -0.2) is 6.29 Å². The first-order valence-electron chi connectivity index (χ1n) is 4.31. The van der Waals surface area contributed by atoms with Crippen LogP contribution in [0.25, 0.3) is 0 Å². The Morgan fingerprint density at radius 3 is 2.73 bits per heavy atom. The number of hydrogen-bond acceptors (Lipinski definition) is 1. The Kier molecular flexibility index (Phi) is 7.11. The highest BCUT2D eigenvalue weighted by Crippen LogP contribution is 2.08. The third-order valence-corrected chi connectivity index (χ3v) is 1.66. The summed E-state index contributed by atoms with van der Waals surface area (Å²) in [7, 11) is 0. The van der Waals surface area contributed by atoms with Crippen LogP contribution >= 0.6 is 0 Å². The molecule has 0 aliphatic rings. The van der Waals surface area contributed by atoms with Gasteiger partial charge in [0, 0.05) is 6.42 Å². The standard InChI is InChI=1S/C10H17O/c1-3-4-5-6-7-10(2)8-9-11/h4-5,10H,3,6-8H2,1-2H3. The first kappa shape index (κ1) is 10.4. The molecule has 0 N–H and O–H groups in total. The van der Waals surface area contributed by atoms with E-state index in [1.807, 2.05) is 6.29 Å². The predicted molar refractivity (Wildman–Crippen MR) is 48.1 cm³/mol. The van der Waals surface area contributed by atoms with Gasteiger partial charge in [0.05, 0.1) is 0 Å². The van der Waals surface area contributed by atoms with Crippen molar-refractivity contribution < 1.29 is 4.79 Å². The fraction of sp³-hybridized carbons (Fsp3) is 0.700.